The number of rotatable bonds is 4. The normalized spacial score (nSPS) is 16.2. The molecule has 4 nitrogen and oxygen atoms in total. The summed E-state index contributed by atoms with van der Waals surface area (Å²) in [5.74, 6) is 1.07. The number of hydrogen-bond donors (Lipinski definition) is 0. The SMILES string of the molecule is O=C(c1ccc(F)cc1)N(Cc1ccc2c(c1)OCO2)C1CCCC1. The smallest absolute Gasteiger partial charge is 0.254 e. The lowest BCUT2D eigenvalue weighted by Crippen LogP contribution is -2.38. The van der Waals surface area contributed by atoms with E-state index in [2.05, 4.69) is 0 Å². The van der Waals surface area contributed by atoms with Crippen molar-refractivity contribution in [2.75, 3.05) is 6.79 Å². The van der Waals surface area contributed by atoms with Crippen LogP contribution in [0.5, 0.6) is 11.5 Å². The Hall–Kier alpha value is -2.56. The molecule has 0 bridgehead atoms. The molecule has 1 heterocycles. The van der Waals surface area contributed by atoms with Gasteiger partial charge < -0.3 is 14.4 Å². The van der Waals surface area contributed by atoms with Crippen LogP contribution in [0.2, 0.25) is 0 Å². The predicted molar refractivity (Wildman–Crippen MR) is 91.1 cm³/mol. The Morgan fingerprint density at radius 3 is 2.52 bits per heavy atom. The lowest BCUT2D eigenvalue weighted by molar-refractivity contribution is 0.0664. The summed E-state index contributed by atoms with van der Waals surface area (Å²) >= 11 is 0. The van der Waals surface area contributed by atoms with E-state index >= 15 is 0 Å². The zero-order valence-electron chi connectivity index (χ0n) is 13.9. The quantitative estimate of drug-likeness (QED) is 0.839. The molecule has 4 rings (SSSR count). The van der Waals surface area contributed by atoms with Gasteiger partial charge >= 0.3 is 0 Å². The van der Waals surface area contributed by atoms with E-state index in [1.54, 1.807) is 12.1 Å². The van der Waals surface area contributed by atoms with E-state index in [-0.39, 0.29) is 24.6 Å². The van der Waals surface area contributed by atoms with Crippen molar-refractivity contribution in [2.45, 2.75) is 38.3 Å². The van der Waals surface area contributed by atoms with Crippen LogP contribution in [0.3, 0.4) is 0 Å². The van der Waals surface area contributed by atoms with Crippen molar-refractivity contribution in [3.63, 3.8) is 0 Å². The second kappa shape index (κ2) is 6.75. The molecule has 0 atom stereocenters. The average Bonchev–Trinajstić information content (AvgIpc) is 3.31. The third kappa shape index (κ3) is 3.31. The molecule has 5 heteroatoms. The first kappa shape index (κ1) is 15.9. The van der Waals surface area contributed by atoms with Gasteiger partial charge in [-0.25, -0.2) is 4.39 Å². The Morgan fingerprint density at radius 2 is 1.76 bits per heavy atom. The van der Waals surface area contributed by atoms with Gasteiger partial charge in [0.2, 0.25) is 6.79 Å². The van der Waals surface area contributed by atoms with Crippen molar-refractivity contribution in [1.29, 1.82) is 0 Å². The molecule has 25 heavy (non-hydrogen) atoms. The Labute approximate surface area is 146 Å². The van der Waals surface area contributed by atoms with Crippen LogP contribution in [-0.2, 0) is 6.54 Å². The molecule has 1 amide bonds. The highest BCUT2D eigenvalue weighted by molar-refractivity contribution is 5.94. The number of carbonyl (C=O) groups is 1. The zero-order valence-corrected chi connectivity index (χ0v) is 13.9. The van der Waals surface area contributed by atoms with Gasteiger partial charge in [0.25, 0.3) is 5.91 Å². The van der Waals surface area contributed by atoms with Gasteiger partial charge in [-0.1, -0.05) is 18.9 Å². The number of fused-ring (bicyclic) bond motifs is 1. The standard InChI is InChI=1S/C20H20FNO3/c21-16-8-6-15(7-9-16)20(23)22(17-3-1-2-4-17)12-14-5-10-18-19(11-14)25-13-24-18/h5-11,17H,1-4,12-13H2. The van der Waals surface area contributed by atoms with E-state index in [1.165, 1.54) is 12.1 Å². The van der Waals surface area contributed by atoms with Crippen molar-refractivity contribution in [1.82, 2.24) is 4.90 Å². The van der Waals surface area contributed by atoms with Crippen LogP contribution in [0.25, 0.3) is 0 Å². The van der Waals surface area contributed by atoms with Crippen molar-refractivity contribution in [3.05, 3.63) is 59.4 Å². The second-order valence-corrected chi connectivity index (χ2v) is 6.57. The molecule has 0 N–H and O–H groups in total. The maximum atomic E-state index is 13.2. The number of benzene rings is 2. The molecule has 1 aliphatic carbocycles. The van der Waals surface area contributed by atoms with Gasteiger partial charge in [-0.3, -0.25) is 4.79 Å². The molecule has 0 unspecified atom stereocenters. The molecular weight excluding hydrogens is 321 g/mol. The fourth-order valence-corrected chi connectivity index (χ4v) is 3.58. The van der Waals surface area contributed by atoms with Crippen LogP contribution in [0, 0.1) is 5.82 Å². The van der Waals surface area contributed by atoms with Crippen molar-refractivity contribution in [3.8, 4) is 11.5 Å². The molecule has 0 spiro atoms. The number of ether oxygens (including phenoxy) is 2. The van der Waals surface area contributed by atoms with Crippen molar-refractivity contribution < 1.29 is 18.7 Å². The summed E-state index contributed by atoms with van der Waals surface area (Å²) in [5, 5.41) is 0. The van der Waals surface area contributed by atoms with Crippen LogP contribution >= 0.6 is 0 Å². The fraction of sp³-hybridized carbons (Fsp3) is 0.350. The highest BCUT2D eigenvalue weighted by Gasteiger charge is 2.28. The second-order valence-electron chi connectivity index (χ2n) is 6.57. The first-order valence-corrected chi connectivity index (χ1v) is 8.66. The summed E-state index contributed by atoms with van der Waals surface area (Å²) in [6.07, 6.45) is 4.30. The van der Waals surface area contributed by atoms with Crippen LogP contribution < -0.4 is 9.47 Å². The number of amides is 1. The molecule has 2 aromatic rings. The maximum Gasteiger partial charge on any atom is 0.254 e. The molecular formula is C20H20FNO3. The molecule has 0 radical (unpaired) electrons. The Kier molecular flexibility index (Phi) is 4.30. The molecule has 2 aliphatic rings. The van der Waals surface area contributed by atoms with E-state index in [1.807, 2.05) is 23.1 Å². The number of carbonyl (C=O) groups excluding carboxylic acids is 1. The van der Waals surface area contributed by atoms with Crippen LogP contribution in [0.1, 0.15) is 41.6 Å². The van der Waals surface area contributed by atoms with Gasteiger partial charge in [0.15, 0.2) is 11.5 Å². The highest BCUT2D eigenvalue weighted by atomic mass is 19.1. The summed E-state index contributed by atoms with van der Waals surface area (Å²) in [6.45, 7) is 0.747. The summed E-state index contributed by atoms with van der Waals surface area (Å²) in [6, 6.07) is 11.8. The van der Waals surface area contributed by atoms with Crippen LogP contribution in [-0.4, -0.2) is 23.6 Å². The zero-order chi connectivity index (χ0) is 17.2. The molecule has 2 aromatic carbocycles. The lowest BCUT2D eigenvalue weighted by Gasteiger charge is -2.29. The monoisotopic (exact) mass is 341 g/mol. The summed E-state index contributed by atoms with van der Waals surface area (Å²) in [5.41, 5.74) is 1.53. The van der Waals surface area contributed by atoms with Crippen molar-refractivity contribution in [2.24, 2.45) is 0 Å². The number of hydrogen-bond acceptors (Lipinski definition) is 3. The maximum absolute atomic E-state index is 13.2. The molecule has 1 fully saturated rings. The molecule has 1 aliphatic heterocycles. The van der Waals surface area contributed by atoms with E-state index < -0.39 is 0 Å². The number of nitrogens with zero attached hydrogens (tertiary/aromatic N) is 1. The summed E-state index contributed by atoms with van der Waals surface area (Å²) < 4.78 is 24.0. The topological polar surface area (TPSA) is 38.8 Å². The summed E-state index contributed by atoms with van der Waals surface area (Å²) in [4.78, 5) is 14.9. The average molecular weight is 341 g/mol. The molecule has 0 saturated heterocycles. The van der Waals surface area contributed by atoms with Crippen LogP contribution in [0.4, 0.5) is 4.39 Å². The molecule has 130 valence electrons. The van der Waals surface area contributed by atoms with Gasteiger partial charge in [0, 0.05) is 18.2 Å². The number of halogens is 1. The van der Waals surface area contributed by atoms with E-state index in [0.717, 1.165) is 42.7 Å². The highest BCUT2D eigenvalue weighted by Crippen LogP contribution is 2.34. The summed E-state index contributed by atoms with van der Waals surface area (Å²) in [7, 11) is 0. The van der Waals surface area contributed by atoms with Crippen LogP contribution in [0.15, 0.2) is 42.5 Å². The minimum atomic E-state index is -0.334. The van der Waals surface area contributed by atoms with E-state index in [9.17, 15) is 9.18 Å². The predicted octanol–water partition coefficient (Wildman–Crippen LogP) is 4.14. The third-order valence-electron chi connectivity index (χ3n) is 4.91. The molecule has 1 saturated carbocycles. The third-order valence-corrected chi connectivity index (χ3v) is 4.91. The van der Waals surface area contributed by atoms with Gasteiger partial charge in [0.05, 0.1) is 0 Å². The minimum absolute atomic E-state index is 0.0513. The van der Waals surface area contributed by atoms with Gasteiger partial charge in [-0.2, -0.15) is 0 Å². The Balaban J connectivity index is 1.59. The van der Waals surface area contributed by atoms with Gasteiger partial charge in [-0.05, 0) is 54.8 Å². The fourth-order valence-electron chi connectivity index (χ4n) is 3.58. The van der Waals surface area contributed by atoms with E-state index in [0.29, 0.717) is 12.1 Å². The first-order chi connectivity index (χ1) is 12.2. The van der Waals surface area contributed by atoms with Crippen molar-refractivity contribution >= 4 is 5.91 Å². The van der Waals surface area contributed by atoms with Gasteiger partial charge in [0.1, 0.15) is 5.82 Å². The lowest BCUT2D eigenvalue weighted by atomic mass is 10.1. The largest absolute Gasteiger partial charge is 0.454 e. The Morgan fingerprint density at radius 1 is 1.04 bits per heavy atom. The first-order valence-electron chi connectivity index (χ1n) is 8.66. The van der Waals surface area contributed by atoms with E-state index in [4.69, 9.17) is 9.47 Å². The van der Waals surface area contributed by atoms with Gasteiger partial charge in [-0.15, -0.1) is 0 Å². The molecule has 0 aromatic heterocycles. The Bertz CT molecular complexity index is 769. The minimum Gasteiger partial charge on any atom is -0.454 e.